The van der Waals surface area contributed by atoms with Crippen LogP contribution in [-0.4, -0.2) is 19.2 Å². The molecule has 0 aliphatic heterocycles. The summed E-state index contributed by atoms with van der Waals surface area (Å²) in [5.41, 5.74) is 2.41. The van der Waals surface area contributed by atoms with Crippen molar-refractivity contribution in [2.24, 2.45) is 0 Å². The lowest BCUT2D eigenvalue weighted by Crippen LogP contribution is -2.27. The van der Waals surface area contributed by atoms with Gasteiger partial charge in [-0.05, 0) is 35.4 Å². The molecule has 0 saturated heterocycles. The third-order valence-electron chi connectivity index (χ3n) is 2.96. The van der Waals surface area contributed by atoms with E-state index in [1.54, 1.807) is 0 Å². The predicted molar refractivity (Wildman–Crippen MR) is 88.2 cm³/mol. The van der Waals surface area contributed by atoms with E-state index in [-0.39, 0.29) is 0 Å². The van der Waals surface area contributed by atoms with Gasteiger partial charge in [-0.25, -0.2) is 0 Å². The van der Waals surface area contributed by atoms with E-state index in [0.717, 1.165) is 16.8 Å². The molecule has 2 nitrogen and oxygen atoms in total. The third-order valence-corrected chi connectivity index (χ3v) is 3.48. The van der Waals surface area contributed by atoms with E-state index in [0.29, 0.717) is 12.6 Å². The molecule has 0 fully saturated rings. The molecular formula is C17H20BrNO. The van der Waals surface area contributed by atoms with E-state index < -0.39 is 0 Å². The topological polar surface area (TPSA) is 21.3 Å². The largest absolute Gasteiger partial charge is 0.492 e. The first-order valence-electron chi connectivity index (χ1n) is 6.87. The van der Waals surface area contributed by atoms with Crippen LogP contribution < -0.4 is 10.1 Å². The Morgan fingerprint density at radius 3 is 2.05 bits per heavy atom. The fraction of sp³-hybridized carbons (Fsp3) is 0.294. The van der Waals surface area contributed by atoms with Gasteiger partial charge < -0.3 is 10.1 Å². The molecule has 1 N–H and O–H groups in total. The van der Waals surface area contributed by atoms with Gasteiger partial charge >= 0.3 is 0 Å². The van der Waals surface area contributed by atoms with Crippen LogP contribution in [0.4, 0.5) is 0 Å². The second-order valence-corrected chi connectivity index (χ2v) is 5.90. The van der Waals surface area contributed by atoms with Gasteiger partial charge in [0.2, 0.25) is 0 Å². The Bertz CT molecular complexity index is 520. The summed E-state index contributed by atoms with van der Waals surface area (Å²) in [5.74, 6) is 0.913. The number of hydrogen-bond acceptors (Lipinski definition) is 2. The standard InChI is InChI=1S/C17H20BrNO/c1-13(2)19-11-12-20-17-9-5-15(6-10-17)14-3-7-16(18)8-4-14/h3-10,13,19H,11-12H2,1-2H3. The van der Waals surface area contributed by atoms with Gasteiger partial charge in [0, 0.05) is 17.1 Å². The number of ether oxygens (including phenoxy) is 1. The average molecular weight is 334 g/mol. The van der Waals surface area contributed by atoms with Crippen molar-refractivity contribution in [1.82, 2.24) is 5.32 Å². The molecule has 2 aromatic carbocycles. The molecule has 0 spiro atoms. The van der Waals surface area contributed by atoms with Crippen LogP contribution in [0.1, 0.15) is 13.8 Å². The first-order valence-corrected chi connectivity index (χ1v) is 7.66. The van der Waals surface area contributed by atoms with Crippen molar-refractivity contribution in [1.29, 1.82) is 0 Å². The maximum absolute atomic E-state index is 5.70. The van der Waals surface area contributed by atoms with E-state index in [1.807, 2.05) is 12.1 Å². The number of nitrogens with one attached hydrogen (secondary N) is 1. The summed E-state index contributed by atoms with van der Waals surface area (Å²) in [6, 6.07) is 17.0. The highest BCUT2D eigenvalue weighted by atomic mass is 79.9. The number of hydrogen-bond donors (Lipinski definition) is 1. The molecular weight excluding hydrogens is 314 g/mol. The van der Waals surface area contributed by atoms with E-state index in [2.05, 4.69) is 71.5 Å². The van der Waals surface area contributed by atoms with Gasteiger partial charge in [-0.15, -0.1) is 0 Å². The predicted octanol–water partition coefficient (Wildman–Crippen LogP) is 4.49. The Hall–Kier alpha value is -1.32. The van der Waals surface area contributed by atoms with E-state index in [1.165, 1.54) is 11.1 Å². The highest BCUT2D eigenvalue weighted by Gasteiger charge is 1.99. The summed E-state index contributed by atoms with van der Waals surface area (Å²) in [6.07, 6.45) is 0. The van der Waals surface area contributed by atoms with Crippen LogP contribution >= 0.6 is 15.9 Å². The lowest BCUT2D eigenvalue weighted by atomic mass is 10.1. The van der Waals surface area contributed by atoms with Gasteiger partial charge in [0.1, 0.15) is 12.4 Å². The third kappa shape index (κ3) is 4.66. The molecule has 0 bridgehead atoms. The molecule has 0 amide bonds. The first kappa shape index (κ1) is 15.1. The van der Waals surface area contributed by atoms with Crippen LogP contribution in [0, 0.1) is 0 Å². The zero-order valence-electron chi connectivity index (χ0n) is 11.9. The van der Waals surface area contributed by atoms with Gasteiger partial charge in [0.25, 0.3) is 0 Å². The Kier molecular flexibility index (Phi) is 5.62. The highest BCUT2D eigenvalue weighted by Crippen LogP contribution is 2.23. The molecule has 2 rings (SSSR count). The van der Waals surface area contributed by atoms with Gasteiger partial charge in [-0.3, -0.25) is 0 Å². The van der Waals surface area contributed by atoms with Gasteiger partial charge in [0.05, 0.1) is 0 Å². The molecule has 0 aromatic heterocycles. The van der Waals surface area contributed by atoms with Crippen LogP contribution in [0.3, 0.4) is 0 Å². The molecule has 0 aliphatic carbocycles. The Morgan fingerprint density at radius 2 is 1.50 bits per heavy atom. The van der Waals surface area contributed by atoms with Gasteiger partial charge in [-0.1, -0.05) is 54.0 Å². The second kappa shape index (κ2) is 7.46. The number of rotatable bonds is 6. The molecule has 106 valence electrons. The summed E-state index contributed by atoms with van der Waals surface area (Å²) in [5, 5.41) is 3.33. The van der Waals surface area contributed by atoms with Gasteiger partial charge in [-0.2, -0.15) is 0 Å². The fourth-order valence-electron chi connectivity index (χ4n) is 1.90. The molecule has 3 heteroatoms. The maximum atomic E-state index is 5.70. The first-order chi connectivity index (χ1) is 9.65. The average Bonchev–Trinajstić information content (AvgIpc) is 2.45. The van der Waals surface area contributed by atoms with Crippen molar-refractivity contribution in [3.8, 4) is 16.9 Å². The van der Waals surface area contributed by atoms with Crippen LogP contribution in [-0.2, 0) is 0 Å². The lowest BCUT2D eigenvalue weighted by molar-refractivity contribution is 0.309. The van der Waals surface area contributed by atoms with Crippen LogP contribution in [0.15, 0.2) is 53.0 Å². The van der Waals surface area contributed by atoms with Crippen LogP contribution in [0.2, 0.25) is 0 Å². The number of benzene rings is 2. The van der Waals surface area contributed by atoms with Crippen molar-refractivity contribution in [2.45, 2.75) is 19.9 Å². The lowest BCUT2D eigenvalue weighted by Gasteiger charge is -2.10. The Labute approximate surface area is 129 Å². The van der Waals surface area contributed by atoms with Crippen molar-refractivity contribution in [3.05, 3.63) is 53.0 Å². The molecule has 0 heterocycles. The normalized spacial score (nSPS) is 10.8. The molecule has 2 aromatic rings. The summed E-state index contributed by atoms with van der Waals surface area (Å²) in [4.78, 5) is 0. The van der Waals surface area contributed by atoms with Gasteiger partial charge in [0.15, 0.2) is 0 Å². The SMILES string of the molecule is CC(C)NCCOc1ccc(-c2ccc(Br)cc2)cc1. The van der Waals surface area contributed by atoms with Crippen LogP contribution in [0.5, 0.6) is 5.75 Å². The number of halogens is 1. The monoisotopic (exact) mass is 333 g/mol. The van der Waals surface area contributed by atoms with E-state index >= 15 is 0 Å². The zero-order chi connectivity index (χ0) is 14.4. The molecule has 0 unspecified atom stereocenters. The molecule has 0 saturated carbocycles. The summed E-state index contributed by atoms with van der Waals surface area (Å²) in [6.45, 7) is 5.82. The Balaban J connectivity index is 1.91. The van der Waals surface area contributed by atoms with Crippen molar-refractivity contribution in [3.63, 3.8) is 0 Å². The van der Waals surface area contributed by atoms with Crippen molar-refractivity contribution < 1.29 is 4.74 Å². The molecule has 0 radical (unpaired) electrons. The van der Waals surface area contributed by atoms with E-state index in [9.17, 15) is 0 Å². The minimum Gasteiger partial charge on any atom is -0.492 e. The fourth-order valence-corrected chi connectivity index (χ4v) is 2.17. The van der Waals surface area contributed by atoms with Crippen LogP contribution in [0.25, 0.3) is 11.1 Å². The minimum atomic E-state index is 0.499. The molecule has 0 aliphatic rings. The quantitative estimate of drug-likeness (QED) is 0.786. The second-order valence-electron chi connectivity index (χ2n) is 4.99. The maximum Gasteiger partial charge on any atom is 0.119 e. The van der Waals surface area contributed by atoms with Crippen molar-refractivity contribution >= 4 is 15.9 Å². The Morgan fingerprint density at radius 1 is 0.950 bits per heavy atom. The smallest absolute Gasteiger partial charge is 0.119 e. The minimum absolute atomic E-state index is 0.499. The molecule has 0 atom stereocenters. The summed E-state index contributed by atoms with van der Waals surface area (Å²) >= 11 is 3.45. The summed E-state index contributed by atoms with van der Waals surface area (Å²) < 4.78 is 6.79. The zero-order valence-corrected chi connectivity index (χ0v) is 13.5. The molecule has 20 heavy (non-hydrogen) atoms. The highest BCUT2D eigenvalue weighted by molar-refractivity contribution is 9.10. The summed E-state index contributed by atoms with van der Waals surface area (Å²) in [7, 11) is 0. The van der Waals surface area contributed by atoms with Crippen molar-refractivity contribution in [2.75, 3.05) is 13.2 Å². The van der Waals surface area contributed by atoms with E-state index in [4.69, 9.17) is 4.74 Å².